The first-order valence-electron chi connectivity index (χ1n) is 23.1. The fraction of sp³-hybridized carbons (Fsp3) is 0. The minimum Gasteiger partial charge on any atom is -0.307 e. The average molecular weight is 915 g/mol. The third-order valence-corrected chi connectivity index (χ3v) is 13.5. The minimum absolute atomic E-state index is 0.453. The Balaban J connectivity index is 1.25. The van der Waals surface area contributed by atoms with Crippen LogP contribution in [0.5, 0.6) is 0 Å². The number of benzene rings is 9. The van der Waals surface area contributed by atoms with Gasteiger partial charge in [-0.2, -0.15) is 26.3 Å². The summed E-state index contributed by atoms with van der Waals surface area (Å²) in [5.41, 5.74) is 16.4. The van der Waals surface area contributed by atoms with E-state index in [1.165, 1.54) is 0 Å². The van der Waals surface area contributed by atoms with Gasteiger partial charge < -0.3 is 9.13 Å². The Morgan fingerprint density at radius 3 is 0.931 bits per heavy atom. The van der Waals surface area contributed by atoms with Gasteiger partial charge in [0.2, 0.25) is 0 Å². The molecule has 0 N–H and O–H groups in total. The molecule has 3 heterocycles. The summed E-state index contributed by atoms with van der Waals surface area (Å²) in [6.45, 7) is 0. The number of nitriles is 5. The molecule has 0 saturated heterocycles. The van der Waals surface area contributed by atoms with E-state index >= 15 is 0 Å². The van der Waals surface area contributed by atoms with Crippen LogP contribution >= 0.6 is 0 Å². The van der Waals surface area contributed by atoms with Crippen molar-refractivity contribution in [3.8, 4) is 97.4 Å². The molecule has 0 saturated carbocycles. The van der Waals surface area contributed by atoms with E-state index < -0.39 is 0 Å². The first-order chi connectivity index (χ1) is 35.4. The van der Waals surface area contributed by atoms with E-state index in [0.717, 1.165) is 105 Å². The van der Waals surface area contributed by atoms with E-state index in [1.54, 1.807) is 36.7 Å². The molecular weight excluding hydrogens is 881 g/mol. The molecule has 8 heteroatoms. The predicted octanol–water partition coefficient (Wildman–Crippen LogP) is 15.0. The lowest BCUT2D eigenvalue weighted by Crippen LogP contribution is -2.06. The van der Waals surface area contributed by atoms with E-state index in [4.69, 9.17) is 0 Å². The van der Waals surface area contributed by atoms with Gasteiger partial charge in [0.1, 0.15) is 0 Å². The summed E-state index contributed by atoms with van der Waals surface area (Å²) in [7, 11) is 0. The van der Waals surface area contributed by atoms with Crippen LogP contribution in [0.15, 0.2) is 207 Å². The molecule has 0 amide bonds. The SMILES string of the molecule is N#Cc1cccc(-c2ccc3c4ccc(-c5cccc(C#N)c5)cc4n(-c4cc(C#N)c(-c5ccncc5)cc4-n4c5cc(-c6cccc(C#N)c6)ccc5c5ccc(-c6cccc(C#N)c6)cc54)c3c2)c1. The lowest BCUT2D eigenvalue weighted by atomic mass is 9.98. The molecule has 0 radical (unpaired) electrons. The average Bonchev–Trinajstić information content (AvgIpc) is 3.95. The van der Waals surface area contributed by atoms with Gasteiger partial charge in [-0.1, -0.05) is 97.1 Å². The van der Waals surface area contributed by atoms with Gasteiger partial charge in [-0.15, -0.1) is 0 Å². The first kappa shape index (κ1) is 42.5. The second kappa shape index (κ2) is 17.4. The highest BCUT2D eigenvalue weighted by atomic mass is 15.1. The monoisotopic (exact) mass is 914 g/mol. The summed E-state index contributed by atoms with van der Waals surface area (Å²) in [5.74, 6) is 0. The third-order valence-electron chi connectivity index (χ3n) is 13.5. The van der Waals surface area contributed by atoms with Crippen LogP contribution in [0.25, 0.3) is 111 Å². The fourth-order valence-electron chi connectivity index (χ4n) is 10.1. The number of hydrogen-bond acceptors (Lipinski definition) is 6. The van der Waals surface area contributed by atoms with E-state index in [-0.39, 0.29) is 0 Å². The normalized spacial score (nSPS) is 11.0. The van der Waals surface area contributed by atoms with Gasteiger partial charge in [0.05, 0.1) is 91.6 Å². The number of hydrogen-bond donors (Lipinski definition) is 0. The smallest absolute Gasteiger partial charge is 0.0998 e. The van der Waals surface area contributed by atoms with Crippen molar-refractivity contribution < 1.29 is 0 Å². The van der Waals surface area contributed by atoms with Crippen LogP contribution in [-0.2, 0) is 0 Å². The number of nitrogens with zero attached hydrogens (tertiary/aromatic N) is 8. The van der Waals surface area contributed by atoms with Crippen molar-refractivity contribution in [1.29, 1.82) is 26.3 Å². The summed E-state index contributed by atoms with van der Waals surface area (Å²) < 4.78 is 4.52. The Hall–Kier alpha value is -10.8. The van der Waals surface area contributed by atoms with E-state index in [0.29, 0.717) is 33.4 Å². The van der Waals surface area contributed by atoms with Gasteiger partial charge in [-0.3, -0.25) is 4.98 Å². The summed E-state index contributed by atoms with van der Waals surface area (Å²) in [6.07, 6.45) is 3.46. The van der Waals surface area contributed by atoms with Gasteiger partial charge in [0.15, 0.2) is 0 Å². The lowest BCUT2D eigenvalue weighted by molar-refractivity contribution is 1.09. The molecule has 0 aliphatic rings. The topological polar surface area (TPSA) is 142 Å². The molecular formula is C64H34N8. The van der Waals surface area contributed by atoms with Crippen LogP contribution in [0.2, 0.25) is 0 Å². The first-order valence-corrected chi connectivity index (χ1v) is 23.1. The van der Waals surface area contributed by atoms with Crippen molar-refractivity contribution in [3.05, 3.63) is 234 Å². The summed E-state index contributed by atoms with van der Waals surface area (Å²) >= 11 is 0. The highest BCUT2D eigenvalue weighted by molar-refractivity contribution is 6.14. The van der Waals surface area contributed by atoms with Crippen molar-refractivity contribution in [2.45, 2.75) is 0 Å². The Labute approximate surface area is 413 Å². The van der Waals surface area contributed by atoms with Crippen LogP contribution < -0.4 is 0 Å². The maximum atomic E-state index is 11.2. The molecule has 0 unspecified atom stereocenters. The Bertz CT molecular complexity index is 4230. The molecule has 0 aliphatic heterocycles. The van der Waals surface area contributed by atoms with Gasteiger partial charge >= 0.3 is 0 Å². The predicted molar refractivity (Wildman–Crippen MR) is 284 cm³/mol. The van der Waals surface area contributed by atoms with Crippen LogP contribution in [0, 0.1) is 56.7 Å². The van der Waals surface area contributed by atoms with Crippen LogP contribution in [-0.4, -0.2) is 14.1 Å². The molecule has 0 atom stereocenters. The van der Waals surface area contributed by atoms with Crippen molar-refractivity contribution in [2.24, 2.45) is 0 Å². The number of aromatic nitrogens is 3. The minimum atomic E-state index is 0.453. The fourth-order valence-corrected chi connectivity index (χ4v) is 10.1. The molecule has 12 rings (SSSR count). The van der Waals surface area contributed by atoms with Gasteiger partial charge in [-0.05, 0) is 147 Å². The molecule has 72 heavy (non-hydrogen) atoms. The summed E-state index contributed by atoms with van der Waals surface area (Å²) in [4.78, 5) is 4.33. The molecule has 330 valence electrons. The standard InChI is InChI=1S/C64H34N8/c65-35-40-5-1-9-45(25-40)49-13-17-54-55-18-14-50(46-10-2-6-41(26-46)36-66)30-60(55)71(59(54)29-49)63-33-53(39-69)58(44-21-23-70-24-22-44)34-64(63)72-61-31-51(47-11-3-7-42(27-47)37-67)15-19-56(61)57-20-16-52(32-62(57)72)48-12-4-8-43(28-48)38-68/h1-34H. The van der Waals surface area contributed by atoms with E-state index in [9.17, 15) is 26.3 Å². The van der Waals surface area contributed by atoms with Crippen molar-refractivity contribution in [3.63, 3.8) is 0 Å². The Morgan fingerprint density at radius 2 is 0.611 bits per heavy atom. The highest BCUT2D eigenvalue weighted by Crippen LogP contribution is 2.44. The zero-order valence-electron chi connectivity index (χ0n) is 38.2. The van der Waals surface area contributed by atoms with Crippen LogP contribution in [0.1, 0.15) is 27.8 Å². The van der Waals surface area contributed by atoms with E-state index in [2.05, 4.69) is 123 Å². The van der Waals surface area contributed by atoms with Crippen LogP contribution in [0.3, 0.4) is 0 Å². The molecule has 0 fully saturated rings. The Kier molecular flexibility index (Phi) is 10.3. The molecule has 3 aromatic heterocycles. The third kappa shape index (κ3) is 7.17. The molecule has 12 aromatic rings. The maximum absolute atomic E-state index is 11.2. The zero-order valence-corrected chi connectivity index (χ0v) is 38.2. The largest absolute Gasteiger partial charge is 0.307 e. The molecule has 0 aliphatic carbocycles. The second-order valence-corrected chi connectivity index (χ2v) is 17.6. The number of pyridine rings is 1. The quantitative estimate of drug-likeness (QED) is 0.156. The summed E-state index contributed by atoms with van der Waals surface area (Å²) in [6, 6.07) is 75.5. The molecule has 9 aromatic carbocycles. The lowest BCUT2D eigenvalue weighted by Gasteiger charge is -2.20. The second-order valence-electron chi connectivity index (χ2n) is 17.6. The van der Waals surface area contributed by atoms with Gasteiger partial charge in [0.25, 0.3) is 0 Å². The van der Waals surface area contributed by atoms with Crippen LogP contribution in [0.4, 0.5) is 0 Å². The number of fused-ring (bicyclic) bond motifs is 6. The van der Waals surface area contributed by atoms with Crippen molar-refractivity contribution in [1.82, 2.24) is 14.1 Å². The van der Waals surface area contributed by atoms with Gasteiger partial charge in [0, 0.05) is 39.5 Å². The number of rotatable bonds is 7. The highest BCUT2D eigenvalue weighted by Gasteiger charge is 2.24. The summed E-state index contributed by atoms with van der Waals surface area (Å²) in [5, 5.41) is 54.9. The zero-order chi connectivity index (χ0) is 48.9. The molecule has 0 spiro atoms. The van der Waals surface area contributed by atoms with Crippen molar-refractivity contribution in [2.75, 3.05) is 0 Å². The Morgan fingerprint density at radius 1 is 0.292 bits per heavy atom. The molecule has 0 bridgehead atoms. The van der Waals surface area contributed by atoms with E-state index in [1.807, 2.05) is 91.0 Å². The van der Waals surface area contributed by atoms with Gasteiger partial charge in [-0.25, -0.2) is 0 Å². The van der Waals surface area contributed by atoms with Crippen molar-refractivity contribution >= 4 is 43.6 Å². The maximum Gasteiger partial charge on any atom is 0.0998 e. The molecule has 8 nitrogen and oxygen atoms in total.